The number of aromatic nitrogens is 2. The van der Waals surface area contributed by atoms with Crippen molar-refractivity contribution in [3.05, 3.63) is 32.9 Å². The lowest BCUT2D eigenvalue weighted by Crippen LogP contribution is -2.39. The lowest BCUT2D eigenvalue weighted by atomic mass is 10.1. The Morgan fingerprint density at radius 3 is 2.90 bits per heavy atom. The molecular formula is C9H12N4O7. The second-order valence-electron chi connectivity index (χ2n) is 4.07. The molecule has 0 aromatic carbocycles. The van der Waals surface area contributed by atoms with E-state index in [1.807, 2.05) is 0 Å². The zero-order chi connectivity index (χ0) is 14.9. The fourth-order valence-electron chi connectivity index (χ4n) is 1.93. The van der Waals surface area contributed by atoms with E-state index in [-0.39, 0.29) is 5.82 Å². The third-order valence-electron chi connectivity index (χ3n) is 2.83. The molecule has 2 rings (SSSR count). The predicted molar refractivity (Wildman–Crippen MR) is 61.8 cm³/mol. The Labute approximate surface area is 111 Å². The number of aliphatic hydroxyl groups is 2. The van der Waals surface area contributed by atoms with E-state index in [1.165, 1.54) is 12.3 Å². The molecule has 0 saturated carbocycles. The molecule has 11 heteroatoms. The van der Waals surface area contributed by atoms with Crippen LogP contribution in [0, 0.1) is 10.1 Å². The van der Waals surface area contributed by atoms with Gasteiger partial charge < -0.3 is 25.5 Å². The standard InChI is InChI=1S/C9H12N4O7/c10-5-1-2-12(9(16)11-5)8-7(20-13(17)18)6(15)4(3-14)19-8/h1-2,4,6-8,14-15H,3H2,(H2,10,11,16)/t4-,6-,7+,8-/m1/s1. The molecule has 0 spiro atoms. The first-order valence-electron chi connectivity index (χ1n) is 5.54. The first-order valence-corrected chi connectivity index (χ1v) is 5.54. The van der Waals surface area contributed by atoms with Crippen LogP contribution in [0.2, 0.25) is 0 Å². The third-order valence-corrected chi connectivity index (χ3v) is 2.83. The number of hydrogen-bond acceptors (Lipinski definition) is 9. The van der Waals surface area contributed by atoms with E-state index in [1.54, 1.807) is 0 Å². The van der Waals surface area contributed by atoms with Gasteiger partial charge in [-0.2, -0.15) is 4.98 Å². The topological polar surface area (TPSA) is 163 Å². The van der Waals surface area contributed by atoms with Crippen LogP contribution in [0.15, 0.2) is 17.1 Å². The van der Waals surface area contributed by atoms with Crippen molar-refractivity contribution in [2.24, 2.45) is 0 Å². The van der Waals surface area contributed by atoms with Crippen molar-refractivity contribution in [3.8, 4) is 0 Å². The minimum atomic E-state index is -1.47. The highest BCUT2D eigenvalue weighted by molar-refractivity contribution is 5.23. The summed E-state index contributed by atoms with van der Waals surface area (Å²) in [4.78, 5) is 29.9. The number of nitrogens with zero attached hydrogens (tertiary/aromatic N) is 3. The molecule has 11 nitrogen and oxygen atoms in total. The highest BCUT2D eigenvalue weighted by Crippen LogP contribution is 2.30. The molecule has 1 aliphatic heterocycles. The van der Waals surface area contributed by atoms with Crippen LogP contribution in [0.5, 0.6) is 0 Å². The number of aliphatic hydroxyl groups excluding tert-OH is 2. The molecule has 0 bridgehead atoms. The summed E-state index contributed by atoms with van der Waals surface area (Å²) in [7, 11) is 0. The fourth-order valence-corrected chi connectivity index (χ4v) is 1.93. The van der Waals surface area contributed by atoms with Gasteiger partial charge in [-0.3, -0.25) is 4.57 Å². The first-order chi connectivity index (χ1) is 9.43. The molecule has 1 aromatic heterocycles. The number of hydrogen-bond donors (Lipinski definition) is 3. The van der Waals surface area contributed by atoms with Crippen molar-refractivity contribution in [2.75, 3.05) is 12.3 Å². The number of nitrogen functional groups attached to an aromatic ring is 1. The van der Waals surface area contributed by atoms with Gasteiger partial charge in [-0.25, -0.2) is 4.79 Å². The van der Waals surface area contributed by atoms with Crippen molar-refractivity contribution in [2.45, 2.75) is 24.5 Å². The molecule has 1 saturated heterocycles. The van der Waals surface area contributed by atoms with E-state index < -0.39 is 41.9 Å². The van der Waals surface area contributed by atoms with Gasteiger partial charge >= 0.3 is 5.69 Å². The second kappa shape index (κ2) is 5.40. The van der Waals surface area contributed by atoms with Crippen LogP contribution in [0.4, 0.5) is 5.82 Å². The van der Waals surface area contributed by atoms with Crippen LogP contribution in [-0.4, -0.2) is 49.8 Å². The average molecular weight is 288 g/mol. The Bertz CT molecular complexity index is 561. The molecule has 0 aliphatic carbocycles. The van der Waals surface area contributed by atoms with Gasteiger partial charge in [-0.05, 0) is 6.07 Å². The normalized spacial score (nSPS) is 29.3. The summed E-state index contributed by atoms with van der Waals surface area (Å²) in [6.07, 6.45) is -4.15. The Kier molecular flexibility index (Phi) is 3.83. The van der Waals surface area contributed by atoms with E-state index in [0.717, 1.165) is 4.57 Å². The molecule has 2 heterocycles. The molecule has 1 fully saturated rings. The van der Waals surface area contributed by atoms with Gasteiger partial charge in [0.15, 0.2) is 12.3 Å². The summed E-state index contributed by atoms with van der Waals surface area (Å²) in [5, 5.41) is 28.2. The predicted octanol–water partition coefficient (Wildman–Crippen LogP) is -2.35. The maximum absolute atomic E-state index is 11.7. The van der Waals surface area contributed by atoms with Gasteiger partial charge in [0.25, 0.3) is 5.09 Å². The zero-order valence-electron chi connectivity index (χ0n) is 10.0. The Balaban J connectivity index is 2.36. The lowest BCUT2D eigenvalue weighted by Gasteiger charge is -2.19. The molecule has 20 heavy (non-hydrogen) atoms. The van der Waals surface area contributed by atoms with E-state index in [9.17, 15) is 20.0 Å². The third kappa shape index (κ3) is 2.54. The van der Waals surface area contributed by atoms with Gasteiger partial charge in [0.1, 0.15) is 18.0 Å². The van der Waals surface area contributed by atoms with Crippen LogP contribution < -0.4 is 11.4 Å². The summed E-state index contributed by atoms with van der Waals surface area (Å²) < 4.78 is 6.09. The van der Waals surface area contributed by atoms with Crippen molar-refractivity contribution in [1.82, 2.24) is 9.55 Å². The SMILES string of the molecule is Nc1ccn([C@@H]2O[C@H](CO)[C@@H](O)[C@@H]2O[N+](=O)[O-])c(=O)n1. The van der Waals surface area contributed by atoms with Crippen molar-refractivity contribution in [3.63, 3.8) is 0 Å². The quantitative estimate of drug-likeness (QED) is 0.406. The molecule has 0 amide bonds. The van der Waals surface area contributed by atoms with Crippen molar-refractivity contribution in [1.29, 1.82) is 0 Å². The Hall–Kier alpha value is -2.24. The molecule has 0 unspecified atom stereocenters. The highest BCUT2D eigenvalue weighted by Gasteiger charge is 2.47. The number of ether oxygens (including phenoxy) is 1. The summed E-state index contributed by atoms with van der Waals surface area (Å²) in [6.45, 7) is -0.591. The summed E-state index contributed by atoms with van der Waals surface area (Å²) >= 11 is 0. The van der Waals surface area contributed by atoms with Crippen LogP contribution in [0.3, 0.4) is 0 Å². The largest absolute Gasteiger partial charge is 0.394 e. The number of anilines is 1. The highest BCUT2D eigenvalue weighted by atomic mass is 17.0. The number of nitrogens with two attached hydrogens (primary N) is 1. The van der Waals surface area contributed by atoms with Crippen molar-refractivity contribution < 1.29 is 24.9 Å². The molecule has 110 valence electrons. The maximum Gasteiger partial charge on any atom is 0.351 e. The zero-order valence-corrected chi connectivity index (χ0v) is 10.0. The van der Waals surface area contributed by atoms with Crippen LogP contribution >= 0.6 is 0 Å². The van der Waals surface area contributed by atoms with Gasteiger partial charge in [-0.15, -0.1) is 10.1 Å². The van der Waals surface area contributed by atoms with Gasteiger partial charge in [0, 0.05) is 6.20 Å². The summed E-state index contributed by atoms with van der Waals surface area (Å²) in [5.74, 6) is -0.0322. The fraction of sp³-hybridized carbons (Fsp3) is 0.556. The summed E-state index contributed by atoms with van der Waals surface area (Å²) in [6, 6.07) is 1.28. The van der Waals surface area contributed by atoms with Gasteiger partial charge in [0.05, 0.1) is 6.61 Å². The molecule has 0 radical (unpaired) electrons. The number of rotatable bonds is 4. The van der Waals surface area contributed by atoms with Gasteiger partial charge in [-0.1, -0.05) is 0 Å². The molecular weight excluding hydrogens is 276 g/mol. The monoisotopic (exact) mass is 288 g/mol. The Morgan fingerprint density at radius 1 is 1.65 bits per heavy atom. The van der Waals surface area contributed by atoms with E-state index >= 15 is 0 Å². The first kappa shape index (κ1) is 14.2. The minimum absolute atomic E-state index is 0.0322. The van der Waals surface area contributed by atoms with Crippen molar-refractivity contribution >= 4 is 5.82 Å². The van der Waals surface area contributed by atoms with Crippen LogP contribution in [0.25, 0.3) is 0 Å². The average Bonchev–Trinajstić information content (AvgIpc) is 2.66. The summed E-state index contributed by atoms with van der Waals surface area (Å²) in [5.41, 5.74) is 4.51. The Morgan fingerprint density at radius 2 is 2.35 bits per heavy atom. The molecule has 1 aromatic rings. The minimum Gasteiger partial charge on any atom is -0.394 e. The molecule has 4 N–H and O–H groups in total. The maximum atomic E-state index is 11.7. The second-order valence-corrected chi connectivity index (χ2v) is 4.07. The molecule has 1 aliphatic rings. The molecule has 4 atom stereocenters. The smallest absolute Gasteiger partial charge is 0.351 e. The van der Waals surface area contributed by atoms with E-state index in [2.05, 4.69) is 9.82 Å². The van der Waals surface area contributed by atoms with E-state index in [4.69, 9.17) is 15.6 Å². The van der Waals surface area contributed by atoms with E-state index in [0.29, 0.717) is 0 Å². The van der Waals surface area contributed by atoms with Crippen LogP contribution in [-0.2, 0) is 9.57 Å². The van der Waals surface area contributed by atoms with Crippen LogP contribution in [0.1, 0.15) is 6.23 Å². The lowest BCUT2D eigenvalue weighted by molar-refractivity contribution is -0.772. The van der Waals surface area contributed by atoms with Gasteiger partial charge in [0.2, 0.25) is 0 Å².